The van der Waals surface area contributed by atoms with Gasteiger partial charge in [0.25, 0.3) is 0 Å². The zero-order valence-electron chi connectivity index (χ0n) is 11.6. The molecule has 1 saturated heterocycles. The Hall–Kier alpha value is -1.22. The minimum atomic E-state index is -0.843. The van der Waals surface area contributed by atoms with Gasteiger partial charge in [0.15, 0.2) is 0 Å². The molecule has 0 unspecified atom stereocenters. The monoisotopic (exact) mass is 289 g/mol. The van der Waals surface area contributed by atoms with Crippen molar-refractivity contribution in [1.29, 1.82) is 0 Å². The molecule has 8 nitrogen and oxygen atoms in total. The third-order valence-corrected chi connectivity index (χ3v) is 3.03. The number of ether oxygens (including phenoxy) is 1. The van der Waals surface area contributed by atoms with Crippen molar-refractivity contribution in [3.05, 3.63) is 0 Å². The zero-order valence-corrected chi connectivity index (χ0v) is 11.6. The highest BCUT2D eigenvalue weighted by atomic mass is 16.5. The molecular formula is C12H23N3O5. The van der Waals surface area contributed by atoms with Crippen LogP contribution in [0.1, 0.15) is 0 Å². The van der Waals surface area contributed by atoms with Gasteiger partial charge in [-0.15, -0.1) is 0 Å². The number of nitrogens with one attached hydrogen (secondary N) is 1. The van der Waals surface area contributed by atoms with E-state index in [1.807, 2.05) is 9.80 Å². The Morgan fingerprint density at radius 1 is 0.900 bits per heavy atom. The molecule has 1 aliphatic heterocycles. The molecule has 1 aliphatic rings. The minimum absolute atomic E-state index is 0.0101. The number of carboxylic acid groups (broad SMARTS) is 2. The van der Waals surface area contributed by atoms with Crippen LogP contribution in [0, 0.1) is 0 Å². The molecule has 0 aromatic carbocycles. The van der Waals surface area contributed by atoms with Crippen molar-refractivity contribution in [2.24, 2.45) is 0 Å². The lowest BCUT2D eigenvalue weighted by atomic mass is 10.4. The van der Waals surface area contributed by atoms with Crippen molar-refractivity contribution in [2.75, 3.05) is 65.6 Å². The van der Waals surface area contributed by atoms with Crippen LogP contribution in [0.4, 0.5) is 0 Å². The average molecular weight is 289 g/mol. The standard InChI is InChI=1S/C12H23N3O5/c16-11(17)9-14-3-1-13-2-4-15(10-12(18)19)6-8-20-7-5-14/h13H,1-10H2,(H,16,17)(H,18,19). The summed E-state index contributed by atoms with van der Waals surface area (Å²) in [5.74, 6) is -1.69. The number of hydrogen-bond donors (Lipinski definition) is 3. The summed E-state index contributed by atoms with van der Waals surface area (Å²) in [7, 11) is 0. The topological polar surface area (TPSA) is 102 Å². The van der Waals surface area contributed by atoms with Crippen molar-refractivity contribution in [1.82, 2.24) is 15.1 Å². The third-order valence-electron chi connectivity index (χ3n) is 3.03. The first-order valence-corrected chi connectivity index (χ1v) is 6.74. The normalized spacial score (nSPS) is 20.8. The lowest BCUT2D eigenvalue weighted by Gasteiger charge is -2.24. The summed E-state index contributed by atoms with van der Waals surface area (Å²) in [6, 6.07) is 0. The van der Waals surface area contributed by atoms with Crippen molar-refractivity contribution in [3.63, 3.8) is 0 Å². The summed E-state index contributed by atoms with van der Waals surface area (Å²) in [5.41, 5.74) is 0. The van der Waals surface area contributed by atoms with Crippen LogP contribution >= 0.6 is 0 Å². The molecular weight excluding hydrogens is 266 g/mol. The smallest absolute Gasteiger partial charge is 0.317 e. The predicted molar refractivity (Wildman–Crippen MR) is 71.8 cm³/mol. The Balaban J connectivity index is 2.37. The Morgan fingerprint density at radius 2 is 1.35 bits per heavy atom. The summed E-state index contributed by atoms with van der Waals surface area (Å²) in [6.07, 6.45) is 0. The molecule has 116 valence electrons. The first kappa shape index (κ1) is 16.8. The Labute approximate surface area is 118 Å². The summed E-state index contributed by atoms with van der Waals surface area (Å²) >= 11 is 0. The molecule has 8 heteroatoms. The summed E-state index contributed by atoms with van der Waals surface area (Å²) in [6.45, 7) is 4.67. The SMILES string of the molecule is O=C(O)CN1CCNCCN(CC(=O)O)CCOCC1. The molecule has 0 aliphatic carbocycles. The average Bonchev–Trinajstić information content (AvgIpc) is 2.33. The Morgan fingerprint density at radius 3 is 1.75 bits per heavy atom. The van der Waals surface area contributed by atoms with E-state index in [1.165, 1.54) is 0 Å². The van der Waals surface area contributed by atoms with Crippen LogP contribution < -0.4 is 5.32 Å². The summed E-state index contributed by atoms with van der Waals surface area (Å²) in [5, 5.41) is 20.8. The highest BCUT2D eigenvalue weighted by Crippen LogP contribution is 1.93. The first-order chi connectivity index (χ1) is 9.58. The summed E-state index contributed by atoms with van der Waals surface area (Å²) < 4.78 is 5.44. The van der Waals surface area contributed by atoms with Crippen LogP contribution in [-0.4, -0.2) is 97.5 Å². The largest absolute Gasteiger partial charge is 0.480 e. The highest BCUT2D eigenvalue weighted by Gasteiger charge is 2.12. The first-order valence-electron chi connectivity index (χ1n) is 6.74. The van der Waals surface area contributed by atoms with Crippen molar-refractivity contribution in [2.45, 2.75) is 0 Å². The Kier molecular flexibility index (Phi) is 8.12. The van der Waals surface area contributed by atoms with Crippen molar-refractivity contribution >= 4 is 11.9 Å². The third kappa shape index (κ3) is 8.05. The van der Waals surface area contributed by atoms with Gasteiger partial charge in [-0.05, 0) is 0 Å². The lowest BCUT2D eigenvalue weighted by Crippen LogP contribution is -2.42. The molecule has 0 aromatic rings. The van der Waals surface area contributed by atoms with Gasteiger partial charge < -0.3 is 20.3 Å². The van der Waals surface area contributed by atoms with Gasteiger partial charge in [-0.25, -0.2) is 0 Å². The van der Waals surface area contributed by atoms with Gasteiger partial charge in [-0.1, -0.05) is 0 Å². The van der Waals surface area contributed by atoms with E-state index >= 15 is 0 Å². The van der Waals surface area contributed by atoms with Gasteiger partial charge in [0.05, 0.1) is 26.3 Å². The number of carbonyl (C=O) groups is 2. The molecule has 0 spiro atoms. The predicted octanol–water partition coefficient (Wildman–Crippen LogP) is -1.62. The van der Waals surface area contributed by atoms with E-state index in [9.17, 15) is 9.59 Å². The fourth-order valence-electron chi connectivity index (χ4n) is 2.01. The fourth-order valence-corrected chi connectivity index (χ4v) is 2.01. The van der Waals surface area contributed by atoms with E-state index < -0.39 is 11.9 Å². The van der Waals surface area contributed by atoms with Gasteiger partial charge >= 0.3 is 11.9 Å². The van der Waals surface area contributed by atoms with Crippen LogP contribution in [0.3, 0.4) is 0 Å². The quantitative estimate of drug-likeness (QED) is 0.567. The number of rotatable bonds is 4. The van der Waals surface area contributed by atoms with E-state index in [0.29, 0.717) is 52.5 Å². The van der Waals surface area contributed by atoms with E-state index in [4.69, 9.17) is 14.9 Å². The van der Waals surface area contributed by atoms with Gasteiger partial charge in [-0.3, -0.25) is 19.4 Å². The second-order valence-electron chi connectivity index (χ2n) is 4.70. The fraction of sp³-hybridized carbons (Fsp3) is 0.833. The number of aliphatic carboxylic acids is 2. The number of carboxylic acids is 2. The van der Waals surface area contributed by atoms with Gasteiger partial charge in [0, 0.05) is 39.3 Å². The van der Waals surface area contributed by atoms with Crippen molar-refractivity contribution < 1.29 is 24.5 Å². The Bertz CT molecular complexity index is 271. The molecule has 3 N–H and O–H groups in total. The van der Waals surface area contributed by atoms with Crippen molar-refractivity contribution in [3.8, 4) is 0 Å². The van der Waals surface area contributed by atoms with E-state index in [1.54, 1.807) is 0 Å². The summed E-state index contributed by atoms with van der Waals surface area (Å²) in [4.78, 5) is 25.1. The molecule has 1 rings (SSSR count). The van der Waals surface area contributed by atoms with Gasteiger partial charge in [0.2, 0.25) is 0 Å². The molecule has 0 aromatic heterocycles. The molecule has 0 radical (unpaired) electrons. The second-order valence-corrected chi connectivity index (χ2v) is 4.70. The lowest BCUT2D eigenvalue weighted by molar-refractivity contribution is -0.139. The van der Waals surface area contributed by atoms with E-state index in [0.717, 1.165) is 0 Å². The number of nitrogens with zero attached hydrogens (tertiary/aromatic N) is 2. The molecule has 0 atom stereocenters. The minimum Gasteiger partial charge on any atom is -0.480 e. The van der Waals surface area contributed by atoms with Crippen LogP contribution in [0.25, 0.3) is 0 Å². The van der Waals surface area contributed by atoms with Crippen LogP contribution in [0.2, 0.25) is 0 Å². The second kappa shape index (κ2) is 9.65. The number of hydrogen-bond acceptors (Lipinski definition) is 6. The van der Waals surface area contributed by atoms with E-state index in [-0.39, 0.29) is 13.1 Å². The maximum absolute atomic E-state index is 10.7. The maximum Gasteiger partial charge on any atom is 0.317 e. The molecule has 1 fully saturated rings. The van der Waals surface area contributed by atoms with E-state index in [2.05, 4.69) is 5.32 Å². The molecule has 20 heavy (non-hydrogen) atoms. The highest BCUT2D eigenvalue weighted by molar-refractivity contribution is 5.69. The van der Waals surface area contributed by atoms with Crippen LogP contribution in [-0.2, 0) is 14.3 Å². The van der Waals surface area contributed by atoms with Gasteiger partial charge in [-0.2, -0.15) is 0 Å². The molecule has 0 saturated carbocycles. The van der Waals surface area contributed by atoms with Gasteiger partial charge in [0.1, 0.15) is 0 Å². The molecule has 1 heterocycles. The zero-order chi connectivity index (χ0) is 14.8. The molecule has 0 bridgehead atoms. The maximum atomic E-state index is 10.7. The molecule has 0 amide bonds. The van der Waals surface area contributed by atoms with Crippen LogP contribution in [0.15, 0.2) is 0 Å². The van der Waals surface area contributed by atoms with Crippen LogP contribution in [0.5, 0.6) is 0 Å².